The van der Waals surface area contributed by atoms with Gasteiger partial charge in [0.05, 0.1) is 18.3 Å². The van der Waals surface area contributed by atoms with Gasteiger partial charge in [-0.1, -0.05) is 12.1 Å². The summed E-state index contributed by atoms with van der Waals surface area (Å²) in [6, 6.07) is 9.25. The maximum absolute atomic E-state index is 12.5. The van der Waals surface area contributed by atoms with Gasteiger partial charge >= 0.3 is 0 Å². The van der Waals surface area contributed by atoms with Gasteiger partial charge in [0.25, 0.3) is 5.56 Å². The molecule has 1 atom stereocenters. The Hall–Kier alpha value is -2.87. The van der Waals surface area contributed by atoms with E-state index >= 15 is 0 Å². The second kappa shape index (κ2) is 7.40. The first-order valence-electron chi connectivity index (χ1n) is 8.67. The molecule has 0 N–H and O–H groups in total. The van der Waals surface area contributed by atoms with E-state index in [2.05, 4.69) is 4.98 Å². The Bertz CT molecular complexity index is 1030. The van der Waals surface area contributed by atoms with Crippen molar-refractivity contribution in [3.05, 3.63) is 52.4 Å². The van der Waals surface area contributed by atoms with Gasteiger partial charge in [0.1, 0.15) is 11.4 Å². The van der Waals surface area contributed by atoms with Gasteiger partial charge in [-0.2, -0.15) is 0 Å². The van der Waals surface area contributed by atoms with Gasteiger partial charge < -0.3 is 14.4 Å². The fourth-order valence-corrected chi connectivity index (χ4v) is 3.74. The first kappa shape index (κ1) is 17.5. The summed E-state index contributed by atoms with van der Waals surface area (Å²) in [5, 5.41) is 2.43. The number of rotatable bonds is 5. The van der Waals surface area contributed by atoms with E-state index in [0.717, 1.165) is 10.6 Å². The molecule has 140 valence electrons. The number of aromatic nitrogens is 2. The molecule has 8 heteroatoms. The average molecular weight is 385 g/mol. The summed E-state index contributed by atoms with van der Waals surface area (Å²) >= 11 is 1.43. The van der Waals surface area contributed by atoms with Gasteiger partial charge in [-0.05, 0) is 23.6 Å². The maximum Gasteiger partial charge on any atom is 0.262 e. The molecule has 1 aliphatic heterocycles. The lowest BCUT2D eigenvalue weighted by atomic mass is 10.2. The van der Waals surface area contributed by atoms with E-state index in [-0.39, 0.29) is 24.0 Å². The van der Waals surface area contributed by atoms with E-state index in [1.165, 1.54) is 22.2 Å². The molecule has 0 bridgehead atoms. The number of ether oxygens (including phenoxy) is 2. The van der Waals surface area contributed by atoms with Crippen molar-refractivity contribution in [2.24, 2.45) is 0 Å². The molecule has 0 fully saturated rings. The largest absolute Gasteiger partial charge is 0.486 e. The van der Waals surface area contributed by atoms with Gasteiger partial charge in [-0.25, -0.2) is 4.98 Å². The molecule has 0 saturated heterocycles. The number of para-hydroxylation sites is 2. The third kappa shape index (κ3) is 3.66. The van der Waals surface area contributed by atoms with Crippen LogP contribution in [0.15, 0.2) is 46.8 Å². The van der Waals surface area contributed by atoms with Crippen LogP contribution in [0.4, 0.5) is 0 Å². The monoisotopic (exact) mass is 385 g/mol. The molecule has 0 radical (unpaired) electrons. The zero-order valence-electron chi connectivity index (χ0n) is 14.8. The third-order valence-corrected chi connectivity index (χ3v) is 5.31. The van der Waals surface area contributed by atoms with E-state index in [1.54, 1.807) is 18.0 Å². The van der Waals surface area contributed by atoms with Crippen molar-refractivity contribution >= 4 is 27.5 Å². The zero-order valence-corrected chi connectivity index (χ0v) is 15.6. The minimum atomic E-state index is -0.222. The molecule has 1 aromatic carbocycles. The number of likely N-dealkylation sites (N-methyl/N-ethyl adjacent to an activating group) is 1. The van der Waals surface area contributed by atoms with Crippen molar-refractivity contribution in [2.45, 2.75) is 19.1 Å². The molecule has 0 aliphatic carbocycles. The lowest BCUT2D eigenvalue weighted by Crippen LogP contribution is -2.42. The molecule has 2 aromatic heterocycles. The number of carbonyl (C=O) groups is 1. The first-order chi connectivity index (χ1) is 13.1. The predicted molar refractivity (Wildman–Crippen MR) is 102 cm³/mol. The number of benzene rings is 1. The van der Waals surface area contributed by atoms with Gasteiger partial charge in [-0.3, -0.25) is 14.2 Å². The topological polar surface area (TPSA) is 73.7 Å². The Morgan fingerprint density at radius 1 is 1.33 bits per heavy atom. The number of hydrogen-bond donors (Lipinski definition) is 0. The predicted octanol–water partition coefficient (Wildman–Crippen LogP) is 2.15. The van der Waals surface area contributed by atoms with Crippen LogP contribution in [0.2, 0.25) is 0 Å². The third-order valence-electron chi connectivity index (χ3n) is 4.49. The summed E-state index contributed by atoms with van der Waals surface area (Å²) in [7, 11) is 1.73. The van der Waals surface area contributed by atoms with Crippen LogP contribution in [0.25, 0.3) is 10.2 Å². The molecule has 27 heavy (non-hydrogen) atoms. The van der Waals surface area contributed by atoms with Crippen LogP contribution in [0.5, 0.6) is 11.5 Å². The van der Waals surface area contributed by atoms with Crippen LogP contribution in [0, 0.1) is 0 Å². The van der Waals surface area contributed by atoms with Crippen LogP contribution in [0.1, 0.15) is 6.42 Å². The number of amides is 1. The van der Waals surface area contributed by atoms with Crippen LogP contribution >= 0.6 is 11.3 Å². The van der Waals surface area contributed by atoms with Crippen LogP contribution < -0.4 is 15.0 Å². The molecular weight excluding hydrogens is 366 g/mol. The Kier molecular flexibility index (Phi) is 4.81. The molecule has 7 nitrogen and oxygen atoms in total. The van der Waals surface area contributed by atoms with E-state index in [0.29, 0.717) is 30.8 Å². The van der Waals surface area contributed by atoms with E-state index < -0.39 is 0 Å². The highest BCUT2D eigenvalue weighted by Gasteiger charge is 2.23. The summed E-state index contributed by atoms with van der Waals surface area (Å²) in [6.45, 7) is 1.11. The standard InChI is InChI=1S/C19H19N3O4S/c1-21(10-13-11-25-15-4-2-3-5-16(15)26-13)17(23)6-8-22-12-20-18-14(19(22)24)7-9-27-18/h2-5,7,9,12-13H,6,8,10-11H2,1H3/t13-/m1/s1. The lowest BCUT2D eigenvalue weighted by Gasteiger charge is -2.29. The summed E-state index contributed by atoms with van der Waals surface area (Å²) < 4.78 is 13.1. The summed E-state index contributed by atoms with van der Waals surface area (Å²) in [5.74, 6) is 1.35. The summed E-state index contributed by atoms with van der Waals surface area (Å²) in [6.07, 6.45) is 1.50. The molecule has 0 saturated carbocycles. The number of aryl methyl sites for hydroxylation is 1. The molecule has 1 aliphatic rings. The van der Waals surface area contributed by atoms with Crippen LogP contribution in [0.3, 0.4) is 0 Å². The minimum absolute atomic E-state index is 0.0604. The number of nitrogens with zero attached hydrogens (tertiary/aromatic N) is 3. The SMILES string of the molecule is CN(C[C@@H]1COc2ccccc2O1)C(=O)CCn1cnc2sccc2c1=O. The highest BCUT2D eigenvalue weighted by Crippen LogP contribution is 2.30. The molecule has 3 aromatic rings. The number of carbonyl (C=O) groups excluding carboxylic acids is 1. The summed E-state index contributed by atoms with van der Waals surface area (Å²) in [4.78, 5) is 31.4. The Labute approximate surface area is 159 Å². The second-order valence-electron chi connectivity index (χ2n) is 6.40. The second-order valence-corrected chi connectivity index (χ2v) is 7.30. The fourth-order valence-electron chi connectivity index (χ4n) is 3.02. The number of fused-ring (bicyclic) bond motifs is 2. The normalized spacial score (nSPS) is 15.7. The van der Waals surface area contributed by atoms with Crippen LogP contribution in [-0.4, -0.2) is 46.7 Å². The van der Waals surface area contributed by atoms with Gasteiger partial charge in [0.15, 0.2) is 17.6 Å². The van der Waals surface area contributed by atoms with Crippen LogP contribution in [-0.2, 0) is 11.3 Å². The number of thiophene rings is 1. The van der Waals surface area contributed by atoms with Crippen molar-refractivity contribution < 1.29 is 14.3 Å². The maximum atomic E-state index is 12.5. The van der Waals surface area contributed by atoms with Gasteiger partial charge in [0, 0.05) is 20.0 Å². The zero-order chi connectivity index (χ0) is 18.8. The Morgan fingerprint density at radius 3 is 3.00 bits per heavy atom. The lowest BCUT2D eigenvalue weighted by molar-refractivity contribution is -0.131. The Morgan fingerprint density at radius 2 is 2.15 bits per heavy atom. The van der Waals surface area contributed by atoms with Gasteiger partial charge in [0.2, 0.25) is 5.91 Å². The van der Waals surface area contributed by atoms with Crippen molar-refractivity contribution in [3.63, 3.8) is 0 Å². The smallest absolute Gasteiger partial charge is 0.262 e. The molecule has 3 heterocycles. The van der Waals surface area contributed by atoms with E-state index in [4.69, 9.17) is 9.47 Å². The van der Waals surface area contributed by atoms with Crippen molar-refractivity contribution in [2.75, 3.05) is 20.2 Å². The summed E-state index contributed by atoms with van der Waals surface area (Å²) in [5.41, 5.74) is -0.114. The highest BCUT2D eigenvalue weighted by atomic mass is 32.1. The van der Waals surface area contributed by atoms with Crippen molar-refractivity contribution in [1.29, 1.82) is 0 Å². The van der Waals surface area contributed by atoms with Gasteiger partial charge in [-0.15, -0.1) is 11.3 Å². The molecular formula is C19H19N3O4S. The Balaban J connectivity index is 1.34. The quantitative estimate of drug-likeness (QED) is 0.673. The molecule has 0 spiro atoms. The highest BCUT2D eigenvalue weighted by molar-refractivity contribution is 7.16. The van der Waals surface area contributed by atoms with E-state index in [9.17, 15) is 9.59 Å². The minimum Gasteiger partial charge on any atom is -0.486 e. The van der Waals surface area contributed by atoms with Crippen molar-refractivity contribution in [3.8, 4) is 11.5 Å². The molecule has 1 amide bonds. The molecule has 0 unspecified atom stereocenters. The van der Waals surface area contributed by atoms with E-state index in [1.807, 2.05) is 29.6 Å². The number of hydrogen-bond acceptors (Lipinski definition) is 6. The van der Waals surface area contributed by atoms with Crippen molar-refractivity contribution in [1.82, 2.24) is 14.5 Å². The average Bonchev–Trinajstić information content (AvgIpc) is 3.17. The first-order valence-corrected chi connectivity index (χ1v) is 9.55. The molecule has 4 rings (SSSR count). The fraction of sp³-hybridized carbons (Fsp3) is 0.316.